The van der Waals surface area contributed by atoms with Gasteiger partial charge in [0.15, 0.2) is 0 Å². The molecule has 0 aromatic heterocycles. The summed E-state index contributed by atoms with van der Waals surface area (Å²) in [6.45, 7) is 1.74. The smallest absolute Gasteiger partial charge is 0.258 e. The number of benzene rings is 1. The topological polar surface area (TPSA) is 43.1 Å². The molecule has 0 aliphatic carbocycles. The van der Waals surface area contributed by atoms with Crippen molar-refractivity contribution < 1.29 is 4.92 Å². The maximum atomic E-state index is 10.5. The van der Waals surface area contributed by atoms with E-state index in [1.165, 1.54) is 0 Å². The summed E-state index contributed by atoms with van der Waals surface area (Å²) in [4.78, 5) is 10.0. The quantitative estimate of drug-likeness (QED) is 0.454. The van der Waals surface area contributed by atoms with Gasteiger partial charge in [-0.25, -0.2) is 0 Å². The number of aryl methyl sites for hydroxylation is 1. The van der Waals surface area contributed by atoms with Crippen LogP contribution in [0.4, 0.5) is 5.69 Å². The van der Waals surface area contributed by atoms with Gasteiger partial charge in [0.25, 0.3) is 0 Å². The summed E-state index contributed by atoms with van der Waals surface area (Å²) in [6, 6.07) is 3.44. The Kier molecular flexibility index (Phi) is 2.89. The maximum absolute atomic E-state index is 10.5. The van der Waals surface area contributed by atoms with E-state index in [2.05, 4.69) is 0 Å². The van der Waals surface area contributed by atoms with Gasteiger partial charge in [0.1, 0.15) is 5.02 Å². The molecule has 0 unspecified atom stereocenters. The van der Waals surface area contributed by atoms with Crippen LogP contribution in [0.3, 0.4) is 0 Å². The van der Waals surface area contributed by atoms with Crippen molar-refractivity contribution in [2.45, 2.75) is 6.92 Å². The standard InChI is InChI=1S/C7H5ClINO2/c1-4-2-3-5(9)7(6(4)8)10(11)12/h2-3H,1H3. The lowest BCUT2D eigenvalue weighted by molar-refractivity contribution is -0.385. The molecule has 0 bridgehead atoms. The zero-order valence-corrected chi connectivity index (χ0v) is 9.09. The van der Waals surface area contributed by atoms with E-state index in [1.54, 1.807) is 19.1 Å². The van der Waals surface area contributed by atoms with Gasteiger partial charge in [-0.1, -0.05) is 17.7 Å². The highest BCUT2D eigenvalue weighted by molar-refractivity contribution is 14.1. The first kappa shape index (κ1) is 9.73. The Bertz CT molecular complexity index is 340. The van der Waals surface area contributed by atoms with Gasteiger partial charge in [0.05, 0.1) is 8.49 Å². The molecular weight excluding hydrogens is 292 g/mol. The van der Waals surface area contributed by atoms with E-state index in [0.29, 0.717) is 3.57 Å². The van der Waals surface area contributed by atoms with Crippen molar-refractivity contribution in [3.63, 3.8) is 0 Å². The number of nitrogens with zero attached hydrogens (tertiary/aromatic N) is 1. The van der Waals surface area contributed by atoms with Crippen LogP contribution >= 0.6 is 34.2 Å². The van der Waals surface area contributed by atoms with E-state index in [-0.39, 0.29) is 10.7 Å². The van der Waals surface area contributed by atoms with Gasteiger partial charge in [-0.2, -0.15) is 0 Å². The summed E-state index contributed by atoms with van der Waals surface area (Å²) in [7, 11) is 0. The van der Waals surface area contributed by atoms with Gasteiger partial charge in [0.2, 0.25) is 0 Å². The molecule has 3 nitrogen and oxygen atoms in total. The molecule has 1 aromatic rings. The Morgan fingerprint density at radius 1 is 1.58 bits per heavy atom. The Morgan fingerprint density at radius 2 is 2.17 bits per heavy atom. The number of hydrogen-bond donors (Lipinski definition) is 0. The zero-order valence-electron chi connectivity index (χ0n) is 6.17. The summed E-state index contributed by atoms with van der Waals surface area (Å²) in [6.07, 6.45) is 0. The van der Waals surface area contributed by atoms with Crippen molar-refractivity contribution in [2.75, 3.05) is 0 Å². The summed E-state index contributed by atoms with van der Waals surface area (Å²) < 4.78 is 0.563. The van der Waals surface area contributed by atoms with Crippen LogP contribution in [0.25, 0.3) is 0 Å². The Labute approximate surface area is 88.0 Å². The van der Waals surface area contributed by atoms with Crippen molar-refractivity contribution >= 4 is 39.9 Å². The summed E-state index contributed by atoms with van der Waals surface area (Å²) in [5.74, 6) is 0. The van der Waals surface area contributed by atoms with Crippen molar-refractivity contribution in [3.8, 4) is 0 Å². The molecule has 0 atom stereocenters. The maximum Gasteiger partial charge on any atom is 0.301 e. The van der Waals surface area contributed by atoms with Crippen molar-refractivity contribution in [3.05, 3.63) is 36.4 Å². The monoisotopic (exact) mass is 297 g/mol. The lowest BCUT2D eigenvalue weighted by Gasteiger charge is -2.00. The minimum atomic E-state index is -0.461. The van der Waals surface area contributed by atoms with Gasteiger partial charge in [-0.15, -0.1) is 0 Å². The number of nitro groups is 1. The van der Waals surface area contributed by atoms with E-state index < -0.39 is 4.92 Å². The average molecular weight is 297 g/mol. The van der Waals surface area contributed by atoms with Gasteiger partial charge >= 0.3 is 5.69 Å². The normalized spacial score (nSPS) is 9.92. The van der Waals surface area contributed by atoms with E-state index in [4.69, 9.17) is 11.6 Å². The summed E-state index contributed by atoms with van der Waals surface area (Å²) in [5.41, 5.74) is 0.723. The fourth-order valence-corrected chi connectivity index (χ4v) is 1.85. The molecule has 0 saturated carbocycles. The molecule has 0 fully saturated rings. The molecule has 0 saturated heterocycles. The molecule has 1 rings (SSSR count). The van der Waals surface area contributed by atoms with Crippen LogP contribution in [-0.2, 0) is 0 Å². The Balaban J connectivity index is 3.43. The molecule has 0 radical (unpaired) electrons. The highest BCUT2D eigenvalue weighted by Gasteiger charge is 2.18. The highest BCUT2D eigenvalue weighted by atomic mass is 127. The van der Waals surface area contributed by atoms with Crippen LogP contribution < -0.4 is 0 Å². The van der Waals surface area contributed by atoms with Crippen LogP contribution in [0.15, 0.2) is 12.1 Å². The first-order valence-electron chi connectivity index (χ1n) is 3.13. The van der Waals surface area contributed by atoms with Crippen LogP contribution in [0.2, 0.25) is 5.02 Å². The molecule has 0 spiro atoms. The molecule has 5 heteroatoms. The predicted molar refractivity (Wildman–Crippen MR) is 55.6 cm³/mol. The third-order valence-electron chi connectivity index (χ3n) is 1.44. The van der Waals surface area contributed by atoms with Crippen LogP contribution in [0, 0.1) is 20.6 Å². The van der Waals surface area contributed by atoms with Crippen LogP contribution in [0.5, 0.6) is 0 Å². The third kappa shape index (κ3) is 1.69. The van der Waals surface area contributed by atoms with Gasteiger partial charge < -0.3 is 0 Å². The Hall–Kier alpha value is -0.360. The van der Waals surface area contributed by atoms with Crippen LogP contribution in [0.1, 0.15) is 5.56 Å². The van der Waals surface area contributed by atoms with Crippen molar-refractivity contribution in [2.24, 2.45) is 0 Å². The third-order valence-corrected chi connectivity index (χ3v) is 2.79. The largest absolute Gasteiger partial charge is 0.301 e. The van der Waals surface area contributed by atoms with Crippen LogP contribution in [-0.4, -0.2) is 4.92 Å². The first-order chi connectivity index (χ1) is 5.54. The van der Waals surface area contributed by atoms with E-state index in [0.717, 1.165) is 5.56 Å². The molecular formula is C7H5ClINO2. The fraction of sp³-hybridized carbons (Fsp3) is 0.143. The minimum Gasteiger partial charge on any atom is -0.258 e. The van der Waals surface area contributed by atoms with Crippen molar-refractivity contribution in [1.29, 1.82) is 0 Å². The molecule has 64 valence electrons. The molecule has 0 aliphatic rings. The van der Waals surface area contributed by atoms with Gasteiger partial charge in [0, 0.05) is 0 Å². The van der Waals surface area contributed by atoms with E-state index >= 15 is 0 Å². The zero-order chi connectivity index (χ0) is 9.30. The molecule has 0 N–H and O–H groups in total. The van der Waals surface area contributed by atoms with Gasteiger partial charge in [-0.3, -0.25) is 10.1 Å². The number of nitro benzene ring substituents is 1. The summed E-state index contributed by atoms with van der Waals surface area (Å²) in [5, 5.41) is 10.7. The minimum absolute atomic E-state index is 0.00253. The molecule has 0 amide bonds. The second kappa shape index (κ2) is 3.57. The number of rotatable bonds is 1. The lowest BCUT2D eigenvalue weighted by Crippen LogP contribution is -1.93. The average Bonchev–Trinajstić information content (AvgIpc) is 1.97. The lowest BCUT2D eigenvalue weighted by atomic mass is 10.2. The molecule has 0 heterocycles. The second-order valence-electron chi connectivity index (χ2n) is 2.28. The molecule has 0 aliphatic heterocycles. The highest BCUT2D eigenvalue weighted by Crippen LogP contribution is 2.31. The molecule has 12 heavy (non-hydrogen) atoms. The number of hydrogen-bond acceptors (Lipinski definition) is 2. The fourth-order valence-electron chi connectivity index (χ4n) is 0.809. The SMILES string of the molecule is Cc1ccc(I)c([N+](=O)[O-])c1Cl. The van der Waals surface area contributed by atoms with Gasteiger partial charge in [-0.05, 0) is 41.1 Å². The van der Waals surface area contributed by atoms with E-state index in [1.807, 2.05) is 22.6 Å². The second-order valence-corrected chi connectivity index (χ2v) is 3.82. The number of halogens is 2. The molecule has 1 aromatic carbocycles. The van der Waals surface area contributed by atoms with Crippen molar-refractivity contribution in [1.82, 2.24) is 0 Å². The summed E-state index contributed by atoms with van der Waals surface area (Å²) >= 11 is 7.64. The first-order valence-corrected chi connectivity index (χ1v) is 4.58. The van der Waals surface area contributed by atoms with E-state index in [9.17, 15) is 10.1 Å². The predicted octanol–water partition coefficient (Wildman–Crippen LogP) is 3.16. The Morgan fingerprint density at radius 3 is 2.58 bits per heavy atom.